The zero-order chi connectivity index (χ0) is 19.0. The van der Waals surface area contributed by atoms with E-state index < -0.39 is 5.92 Å². The van der Waals surface area contributed by atoms with Gasteiger partial charge >= 0.3 is 0 Å². The highest BCUT2D eigenvalue weighted by Gasteiger charge is 2.40. The van der Waals surface area contributed by atoms with E-state index in [1.165, 1.54) is 0 Å². The zero-order valence-corrected chi connectivity index (χ0v) is 16.1. The second-order valence-corrected chi connectivity index (χ2v) is 7.67. The highest BCUT2D eigenvalue weighted by molar-refractivity contribution is 9.10. The molecule has 0 radical (unpaired) electrons. The van der Waals surface area contributed by atoms with Crippen LogP contribution >= 0.6 is 15.9 Å². The number of ketones is 1. The minimum atomic E-state index is -0.486. The Morgan fingerprint density at radius 3 is 2.52 bits per heavy atom. The van der Waals surface area contributed by atoms with Crippen molar-refractivity contribution in [3.05, 3.63) is 93.0 Å². The lowest BCUT2D eigenvalue weighted by Gasteiger charge is -2.34. The van der Waals surface area contributed by atoms with Crippen molar-refractivity contribution in [3.63, 3.8) is 0 Å². The molecule has 0 bridgehead atoms. The molecule has 4 rings (SSSR count). The number of allylic oxidation sites excluding steroid dienone is 3. The number of ether oxygens (including phenoxy) is 1. The summed E-state index contributed by atoms with van der Waals surface area (Å²) in [6.07, 6.45) is 0.990. The molecule has 0 aromatic heterocycles. The molecule has 27 heavy (non-hydrogen) atoms. The minimum absolute atomic E-state index is 0.00956. The monoisotopic (exact) mass is 420 g/mol. The van der Waals surface area contributed by atoms with Crippen LogP contribution < -0.4 is 5.73 Å². The first kappa shape index (κ1) is 17.6. The maximum absolute atomic E-state index is 13.1. The number of hydrogen-bond acceptors (Lipinski definition) is 4. The number of hydrogen-bond donors (Lipinski definition) is 1. The van der Waals surface area contributed by atoms with Gasteiger partial charge in [-0.2, -0.15) is 5.26 Å². The van der Waals surface area contributed by atoms with Crippen LogP contribution in [0, 0.1) is 11.3 Å². The number of nitrogens with two attached hydrogens (primary N) is 1. The van der Waals surface area contributed by atoms with Crippen LogP contribution in [0.1, 0.15) is 35.8 Å². The van der Waals surface area contributed by atoms with Crippen LogP contribution in [0.4, 0.5) is 0 Å². The normalized spacial score (nSPS) is 22.1. The summed E-state index contributed by atoms with van der Waals surface area (Å²) in [5.74, 6) is 0.247. The van der Waals surface area contributed by atoms with Gasteiger partial charge in [0.25, 0.3) is 0 Å². The van der Waals surface area contributed by atoms with Gasteiger partial charge in [-0.3, -0.25) is 4.79 Å². The van der Waals surface area contributed by atoms with Crippen molar-refractivity contribution in [2.75, 3.05) is 0 Å². The predicted octanol–water partition coefficient (Wildman–Crippen LogP) is 4.66. The van der Waals surface area contributed by atoms with E-state index >= 15 is 0 Å². The summed E-state index contributed by atoms with van der Waals surface area (Å²) in [7, 11) is 0. The fraction of sp³-hybridized carbons (Fsp3) is 0.182. The Morgan fingerprint density at radius 2 is 1.81 bits per heavy atom. The SMILES string of the molecule is N#CC1=C(N)OC2=C(C(=O)C[C@H](c3ccccc3)C2)[C@@H]1c1cccc(Br)c1. The number of nitriles is 1. The third-order valence-electron chi connectivity index (χ3n) is 5.11. The highest BCUT2D eigenvalue weighted by Crippen LogP contribution is 2.46. The summed E-state index contributed by atoms with van der Waals surface area (Å²) < 4.78 is 6.66. The first-order valence-corrected chi connectivity index (χ1v) is 9.52. The first-order valence-electron chi connectivity index (χ1n) is 8.72. The molecule has 0 fully saturated rings. The third-order valence-corrected chi connectivity index (χ3v) is 5.61. The van der Waals surface area contributed by atoms with E-state index in [-0.39, 0.29) is 17.6 Å². The van der Waals surface area contributed by atoms with Gasteiger partial charge < -0.3 is 10.5 Å². The maximum Gasteiger partial charge on any atom is 0.205 e. The molecule has 2 aromatic carbocycles. The van der Waals surface area contributed by atoms with Gasteiger partial charge in [0.2, 0.25) is 5.88 Å². The largest absolute Gasteiger partial charge is 0.444 e. The summed E-state index contributed by atoms with van der Waals surface area (Å²) in [4.78, 5) is 13.1. The van der Waals surface area contributed by atoms with Gasteiger partial charge in [-0.1, -0.05) is 58.4 Å². The average Bonchev–Trinajstić information content (AvgIpc) is 2.67. The number of carbonyl (C=O) groups excluding carboxylic acids is 1. The Labute approximate surface area is 166 Å². The van der Waals surface area contributed by atoms with Gasteiger partial charge in [0.15, 0.2) is 5.78 Å². The Hall–Kier alpha value is -2.84. The molecule has 2 aliphatic rings. The quantitative estimate of drug-likeness (QED) is 0.766. The van der Waals surface area contributed by atoms with Crippen molar-refractivity contribution >= 4 is 21.7 Å². The van der Waals surface area contributed by atoms with E-state index in [1.54, 1.807) is 0 Å². The fourth-order valence-corrected chi connectivity index (χ4v) is 4.31. The molecule has 4 nitrogen and oxygen atoms in total. The average molecular weight is 421 g/mol. The van der Waals surface area contributed by atoms with Crippen LogP contribution in [-0.2, 0) is 9.53 Å². The molecular formula is C22H17BrN2O2. The van der Waals surface area contributed by atoms with E-state index in [0.29, 0.717) is 29.7 Å². The van der Waals surface area contributed by atoms with Gasteiger partial charge in [-0.25, -0.2) is 0 Å². The van der Waals surface area contributed by atoms with Crippen molar-refractivity contribution in [1.29, 1.82) is 5.26 Å². The van der Waals surface area contributed by atoms with Crippen molar-refractivity contribution in [2.24, 2.45) is 5.73 Å². The van der Waals surface area contributed by atoms with Crippen molar-refractivity contribution in [3.8, 4) is 6.07 Å². The molecule has 2 N–H and O–H groups in total. The van der Waals surface area contributed by atoms with Crippen LogP contribution in [0.3, 0.4) is 0 Å². The number of halogens is 1. The molecule has 0 saturated carbocycles. The van der Waals surface area contributed by atoms with E-state index in [4.69, 9.17) is 10.5 Å². The molecule has 0 saturated heterocycles. The summed E-state index contributed by atoms with van der Waals surface area (Å²) in [6.45, 7) is 0. The predicted molar refractivity (Wildman–Crippen MR) is 105 cm³/mol. The molecule has 0 spiro atoms. The minimum Gasteiger partial charge on any atom is -0.444 e. The van der Waals surface area contributed by atoms with E-state index in [0.717, 1.165) is 15.6 Å². The van der Waals surface area contributed by atoms with Crippen molar-refractivity contribution < 1.29 is 9.53 Å². The molecule has 0 amide bonds. The van der Waals surface area contributed by atoms with E-state index in [1.807, 2.05) is 54.6 Å². The lowest BCUT2D eigenvalue weighted by atomic mass is 9.73. The third kappa shape index (κ3) is 3.17. The Morgan fingerprint density at radius 1 is 1.07 bits per heavy atom. The van der Waals surface area contributed by atoms with E-state index in [2.05, 4.69) is 22.0 Å². The lowest BCUT2D eigenvalue weighted by molar-refractivity contribution is -0.117. The second kappa shape index (κ2) is 7.05. The smallest absolute Gasteiger partial charge is 0.205 e. The summed E-state index contributed by atoms with van der Waals surface area (Å²) in [5, 5.41) is 9.66. The van der Waals surface area contributed by atoms with Gasteiger partial charge in [0, 0.05) is 22.9 Å². The van der Waals surface area contributed by atoms with Crippen LogP contribution in [0.5, 0.6) is 0 Å². The van der Waals surface area contributed by atoms with Gasteiger partial charge in [0.05, 0.1) is 5.92 Å². The molecular weight excluding hydrogens is 404 g/mol. The molecule has 1 aliphatic heterocycles. The summed E-state index contributed by atoms with van der Waals surface area (Å²) >= 11 is 3.47. The Bertz CT molecular complexity index is 1020. The lowest BCUT2D eigenvalue weighted by Crippen LogP contribution is -2.29. The Balaban J connectivity index is 1.80. The molecule has 2 aromatic rings. The number of nitrogens with zero attached hydrogens (tertiary/aromatic N) is 1. The van der Waals surface area contributed by atoms with Crippen LogP contribution in [0.15, 0.2) is 81.9 Å². The topological polar surface area (TPSA) is 76.1 Å². The van der Waals surface area contributed by atoms with Gasteiger partial charge in [0.1, 0.15) is 17.4 Å². The van der Waals surface area contributed by atoms with Crippen molar-refractivity contribution in [1.82, 2.24) is 0 Å². The molecule has 2 atom stereocenters. The number of Topliss-reactive ketones (excluding diaryl/α,β-unsaturated/α-hetero) is 1. The Kier molecular flexibility index (Phi) is 4.59. The standard InChI is InChI=1S/C22H17BrN2O2/c23-16-8-4-7-14(9-16)20-17(12-24)22(25)27-19-11-15(10-18(26)21(19)20)13-5-2-1-3-6-13/h1-9,15,20H,10-11,25H2/t15-,20+/m0/s1. The molecule has 5 heteroatoms. The number of carbonyl (C=O) groups is 1. The zero-order valence-electron chi connectivity index (χ0n) is 14.5. The second-order valence-electron chi connectivity index (χ2n) is 6.76. The van der Waals surface area contributed by atoms with Gasteiger partial charge in [-0.15, -0.1) is 0 Å². The van der Waals surface area contributed by atoms with Gasteiger partial charge in [-0.05, 0) is 29.2 Å². The maximum atomic E-state index is 13.1. The van der Waals surface area contributed by atoms with Crippen LogP contribution in [-0.4, -0.2) is 5.78 Å². The molecule has 0 unspecified atom stereocenters. The number of rotatable bonds is 2. The van der Waals surface area contributed by atoms with E-state index in [9.17, 15) is 10.1 Å². The van der Waals surface area contributed by atoms with Crippen LogP contribution in [0.25, 0.3) is 0 Å². The van der Waals surface area contributed by atoms with Crippen molar-refractivity contribution in [2.45, 2.75) is 24.7 Å². The molecule has 1 heterocycles. The molecule has 134 valence electrons. The fourth-order valence-electron chi connectivity index (χ4n) is 3.89. The summed E-state index contributed by atoms with van der Waals surface area (Å²) in [6, 6.07) is 19.7. The summed E-state index contributed by atoms with van der Waals surface area (Å²) in [5.41, 5.74) is 8.88. The molecule has 1 aliphatic carbocycles. The highest BCUT2D eigenvalue weighted by atomic mass is 79.9. The van der Waals surface area contributed by atoms with Crippen LogP contribution in [0.2, 0.25) is 0 Å². The first-order chi connectivity index (χ1) is 13.1. The number of benzene rings is 2.